The van der Waals surface area contributed by atoms with Gasteiger partial charge in [-0.1, -0.05) is 30.7 Å². The summed E-state index contributed by atoms with van der Waals surface area (Å²) in [6, 6.07) is 7.21. The molecule has 0 fully saturated rings. The molecule has 1 aromatic carbocycles. The summed E-state index contributed by atoms with van der Waals surface area (Å²) in [5, 5.41) is 3.77. The number of hydrogen-bond donors (Lipinski definition) is 1. The summed E-state index contributed by atoms with van der Waals surface area (Å²) in [5.74, 6) is 0.171. The van der Waals surface area contributed by atoms with E-state index in [1.807, 2.05) is 19.1 Å². The number of benzene rings is 1. The molecule has 0 aromatic heterocycles. The molecule has 0 saturated heterocycles. The van der Waals surface area contributed by atoms with Crippen molar-refractivity contribution in [3.8, 4) is 0 Å². The standard InChI is InChI=1S/C13H21ClN2O2S/c1-3-15-9-4-10-19(17,18)16(2)11-12-5-7-13(14)8-6-12/h5-8,15H,3-4,9-11H2,1-2H3. The van der Waals surface area contributed by atoms with Crippen LogP contribution in [0.5, 0.6) is 0 Å². The first-order valence-corrected chi connectivity index (χ1v) is 8.33. The van der Waals surface area contributed by atoms with E-state index < -0.39 is 10.0 Å². The van der Waals surface area contributed by atoms with E-state index in [9.17, 15) is 8.42 Å². The normalized spacial score (nSPS) is 12.0. The average Bonchev–Trinajstić information content (AvgIpc) is 2.37. The zero-order valence-corrected chi connectivity index (χ0v) is 13.0. The first kappa shape index (κ1) is 16.4. The summed E-state index contributed by atoms with van der Waals surface area (Å²) in [5.41, 5.74) is 0.933. The van der Waals surface area contributed by atoms with Gasteiger partial charge in [0, 0.05) is 18.6 Å². The second-order valence-electron chi connectivity index (χ2n) is 4.41. The van der Waals surface area contributed by atoms with Gasteiger partial charge in [0.15, 0.2) is 0 Å². The van der Waals surface area contributed by atoms with Crippen LogP contribution in [0.25, 0.3) is 0 Å². The van der Waals surface area contributed by atoms with Gasteiger partial charge in [-0.3, -0.25) is 0 Å². The summed E-state index contributed by atoms with van der Waals surface area (Å²) in [4.78, 5) is 0. The summed E-state index contributed by atoms with van der Waals surface area (Å²) in [6.45, 7) is 3.97. The molecule has 6 heteroatoms. The topological polar surface area (TPSA) is 49.4 Å². The minimum atomic E-state index is -3.19. The van der Waals surface area contributed by atoms with Gasteiger partial charge in [0.1, 0.15) is 0 Å². The third-order valence-corrected chi connectivity index (χ3v) is 4.93. The van der Waals surface area contributed by atoms with Gasteiger partial charge in [-0.15, -0.1) is 0 Å². The molecule has 0 bridgehead atoms. The monoisotopic (exact) mass is 304 g/mol. The van der Waals surface area contributed by atoms with E-state index in [1.54, 1.807) is 19.2 Å². The van der Waals surface area contributed by atoms with Gasteiger partial charge in [-0.25, -0.2) is 12.7 Å². The molecule has 1 aromatic rings. The maximum atomic E-state index is 12.0. The van der Waals surface area contributed by atoms with Crippen molar-refractivity contribution < 1.29 is 8.42 Å². The fourth-order valence-corrected chi connectivity index (χ4v) is 2.95. The van der Waals surface area contributed by atoms with Crippen molar-refractivity contribution in [2.75, 3.05) is 25.9 Å². The number of halogens is 1. The van der Waals surface area contributed by atoms with Gasteiger partial charge >= 0.3 is 0 Å². The molecular weight excluding hydrogens is 284 g/mol. The van der Waals surface area contributed by atoms with Crippen LogP contribution in [-0.2, 0) is 16.6 Å². The van der Waals surface area contributed by atoms with Crippen LogP contribution in [0.1, 0.15) is 18.9 Å². The Hall–Kier alpha value is -0.620. The molecule has 1 N–H and O–H groups in total. The Morgan fingerprint density at radius 2 is 1.89 bits per heavy atom. The van der Waals surface area contributed by atoms with Gasteiger partial charge in [0.2, 0.25) is 10.0 Å². The van der Waals surface area contributed by atoms with E-state index in [1.165, 1.54) is 4.31 Å². The Bertz CT molecular complexity index is 474. The lowest BCUT2D eigenvalue weighted by atomic mass is 10.2. The summed E-state index contributed by atoms with van der Waals surface area (Å²) in [7, 11) is -1.58. The Kier molecular flexibility index (Phi) is 6.79. The fourth-order valence-electron chi connectivity index (χ4n) is 1.66. The van der Waals surface area contributed by atoms with Crippen molar-refractivity contribution in [2.45, 2.75) is 19.9 Å². The molecule has 0 unspecified atom stereocenters. The highest BCUT2D eigenvalue weighted by atomic mass is 35.5. The molecule has 0 aliphatic rings. The lowest BCUT2D eigenvalue weighted by molar-refractivity contribution is 0.464. The zero-order chi connectivity index (χ0) is 14.3. The third kappa shape index (κ3) is 5.91. The van der Waals surface area contributed by atoms with Crippen LogP contribution in [0.4, 0.5) is 0 Å². The minimum Gasteiger partial charge on any atom is -0.317 e. The molecule has 0 heterocycles. The van der Waals surface area contributed by atoms with Crippen molar-refractivity contribution in [3.05, 3.63) is 34.9 Å². The van der Waals surface area contributed by atoms with Crippen molar-refractivity contribution in [2.24, 2.45) is 0 Å². The summed E-state index contributed by atoms with van der Waals surface area (Å²) >= 11 is 5.80. The molecule has 0 radical (unpaired) electrons. The van der Waals surface area contributed by atoms with Crippen molar-refractivity contribution >= 4 is 21.6 Å². The quantitative estimate of drug-likeness (QED) is 0.748. The van der Waals surface area contributed by atoms with E-state index in [2.05, 4.69) is 5.32 Å². The van der Waals surface area contributed by atoms with Gasteiger partial charge in [-0.2, -0.15) is 0 Å². The average molecular weight is 305 g/mol. The fraction of sp³-hybridized carbons (Fsp3) is 0.538. The van der Waals surface area contributed by atoms with E-state index in [0.29, 0.717) is 18.0 Å². The van der Waals surface area contributed by atoms with Gasteiger partial charge in [0.25, 0.3) is 0 Å². The third-order valence-electron chi connectivity index (χ3n) is 2.80. The second-order valence-corrected chi connectivity index (χ2v) is 7.04. The largest absolute Gasteiger partial charge is 0.317 e. The van der Waals surface area contributed by atoms with Crippen LogP contribution < -0.4 is 5.32 Å². The molecule has 1 rings (SSSR count). The second kappa shape index (κ2) is 7.85. The molecule has 0 amide bonds. The minimum absolute atomic E-state index is 0.171. The number of sulfonamides is 1. The van der Waals surface area contributed by atoms with Crippen LogP contribution in [0.3, 0.4) is 0 Å². The van der Waals surface area contributed by atoms with Crippen LogP contribution in [0.15, 0.2) is 24.3 Å². The van der Waals surface area contributed by atoms with E-state index in [-0.39, 0.29) is 5.75 Å². The van der Waals surface area contributed by atoms with E-state index in [0.717, 1.165) is 18.7 Å². The lowest BCUT2D eigenvalue weighted by Crippen LogP contribution is -2.30. The Labute approximate surface area is 120 Å². The summed E-state index contributed by atoms with van der Waals surface area (Å²) < 4.78 is 25.5. The highest BCUT2D eigenvalue weighted by molar-refractivity contribution is 7.89. The molecule has 0 atom stereocenters. The first-order valence-electron chi connectivity index (χ1n) is 6.35. The maximum absolute atomic E-state index is 12.0. The Morgan fingerprint density at radius 1 is 1.26 bits per heavy atom. The maximum Gasteiger partial charge on any atom is 0.214 e. The smallest absolute Gasteiger partial charge is 0.214 e. The zero-order valence-electron chi connectivity index (χ0n) is 11.4. The molecular formula is C13H21ClN2O2S. The van der Waals surface area contributed by atoms with Crippen LogP contribution >= 0.6 is 11.6 Å². The SMILES string of the molecule is CCNCCCS(=O)(=O)N(C)Cc1ccc(Cl)cc1. The Morgan fingerprint density at radius 3 is 2.47 bits per heavy atom. The van der Waals surface area contributed by atoms with Gasteiger partial charge in [-0.05, 0) is 37.2 Å². The Balaban J connectivity index is 2.51. The predicted molar refractivity (Wildman–Crippen MR) is 79.9 cm³/mol. The van der Waals surface area contributed by atoms with Crippen LogP contribution in [0, 0.1) is 0 Å². The van der Waals surface area contributed by atoms with Gasteiger partial charge in [0.05, 0.1) is 5.75 Å². The summed E-state index contributed by atoms with van der Waals surface area (Å²) in [6.07, 6.45) is 0.626. The molecule has 0 spiro atoms. The molecule has 0 saturated carbocycles. The van der Waals surface area contributed by atoms with Crippen LogP contribution in [0.2, 0.25) is 5.02 Å². The molecule has 0 aliphatic carbocycles. The highest BCUT2D eigenvalue weighted by Gasteiger charge is 2.17. The van der Waals surface area contributed by atoms with Crippen LogP contribution in [-0.4, -0.2) is 38.6 Å². The highest BCUT2D eigenvalue weighted by Crippen LogP contribution is 2.12. The van der Waals surface area contributed by atoms with Crippen molar-refractivity contribution in [1.82, 2.24) is 9.62 Å². The van der Waals surface area contributed by atoms with Crippen molar-refractivity contribution in [3.63, 3.8) is 0 Å². The number of hydrogen-bond acceptors (Lipinski definition) is 3. The molecule has 19 heavy (non-hydrogen) atoms. The van der Waals surface area contributed by atoms with Gasteiger partial charge < -0.3 is 5.32 Å². The molecule has 0 aliphatic heterocycles. The van der Waals surface area contributed by atoms with E-state index >= 15 is 0 Å². The van der Waals surface area contributed by atoms with Crippen molar-refractivity contribution in [1.29, 1.82) is 0 Å². The predicted octanol–water partition coefficient (Wildman–Crippen LogP) is 2.10. The number of nitrogens with zero attached hydrogens (tertiary/aromatic N) is 1. The first-order chi connectivity index (χ1) is 8.95. The van der Waals surface area contributed by atoms with E-state index in [4.69, 9.17) is 11.6 Å². The number of nitrogens with one attached hydrogen (secondary N) is 1. The molecule has 108 valence electrons. The molecule has 4 nitrogen and oxygen atoms in total. The lowest BCUT2D eigenvalue weighted by Gasteiger charge is -2.17. The number of rotatable bonds is 8.